The summed E-state index contributed by atoms with van der Waals surface area (Å²) in [5, 5.41) is 3.92. The van der Waals surface area contributed by atoms with E-state index < -0.39 is 10.0 Å². The third-order valence-electron chi connectivity index (χ3n) is 5.30. The van der Waals surface area contributed by atoms with Gasteiger partial charge in [0.25, 0.3) is 5.91 Å². The van der Waals surface area contributed by atoms with Gasteiger partial charge in [0.15, 0.2) is 0 Å². The lowest BCUT2D eigenvalue weighted by atomic mass is 10.2. The fourth-order valence-corrected chi connectivity index (χ4v) is 6.37. The second-order valence-corrected chi connectivity index (χ2v) is 10.4. The van der Waals surface area contributed by atoms with E-state index in [2.05, 4.69) is 16.4 Å². The molecular formula is C22H25N3O4S2. The minimum atomic E-state index is -3.69. The molecule has 2 heterocycles. The van der Waals surface area contributed by atoms with Crippen LogP contribution in [0.3, 0.4) is 0 Å². The highest BCUT2D eigenvalue weighted by atomic mass is 32.2. The molecule has 3 aromatic rings. The maximum absolute atomic E-state index is 13.0. The second-order valence-electron chi connectivity index (χ2n) is 7.41. The van der Waals surface area contributed by atoms with Crippen LogP contribution >= 0.6 is 11.3 Å². The number of rotatable bonds is 8. The van der Waals surface area contributed by atoms with Gasteiger partial charge in [-0.1, -0.05) is 12.1 Å². The number of methoxy groups -OCH3 is 1. The van der Waals surface area contributed by atoms with Gasteiger partial charge in [0.1, 0.15) is 10.6 Å². The molecule has 164 valence electrons. The smallest absolute Gasteiger partial charge is 0.251 e. The van der Waals surface area contributed by atoms with E-state index >= 15 is 0 Å². The first kappa shape index (κ1) is 21.7. The van der Waals surface area contributed by atoms with E-state index in [0.29, 0.717) is 25.2 Å². The predicted octanol–water partition coefficient (Wildman–Crippen LogP) is 3.45. The summed E-state index contributed by atoms with van der Waals surface area (Å²) < 4.78 is 33.8. The van der Waals surface area contributed by atoms with E-state index in [9.17, 15) is 13.2 Å². The summed E-state index contributed by atoms with van der Waals surface area (Å²) in [5.74, 6) is -0.0517. The Labute approximate surface area is 186 Å². The lowest BCUT2D eigenvalue weighted by molar-refractivity contribution is 0.0953. The van der Waals surface area contributed by atoms with E-state index in [0.717, 1.165) is 40.9 Å². The summed E-state index contributed by atoms with van der Waals surface area (Å²) in [6.45, 7) is 1.47. The molecule has 0 bridgehead atoms. The number of hydrogen-bond acceptors (Lipinski definition) is 6. The largest absolute Gasteiger partial charge is 0.495 e. The molecular weight excluding hydrogens is 434 g/mol. The molecule has 4 rings (SSSR count). The number of sulfonamides is 1. The molecule has 1 aliphatic rings. The number of nitrogens with zero attached hydrogens (tertiary/aromatic N) is 2. The van der Waals surface area contributed by atoms with Crippen LogP contribution in [-0.2, 0) is 16.4 Å². The second kappa shape index (κ2) is 9.33. The van der Waals surface area contributed by atoms with Gasteiger partial charge in [0, 0.05) is 31.6 Å². The van der Waals surface area contributed by atoms with Crippen molar-refractivity contribution >= 4 is 37.5 Å². The standard InChI is InChI=1S/C22H25N3O4S2/c1-29-18-11-10-16(15-20(18)31(27,28)25-13-4-5-14-25)22(26)23-12-6-9-21-24-17-7-2-3-8-19(17)30-21/h2-3,7-8,10-11,15H,4-6,9,12-14H2,1H3,(H,23,26). The van der Waals surface area contributed by atoms with Crippen LogP contribution in [0.1, 0.15) is 34.6 Å². The summed E-state index contributed by atoms with van der Waals surface area (Å²) in [7, 11) is -2.26. The van der Waals surface area contributed by atoms with Crippen LogP contribution in [0.15, 0.2) is 47.4 Å². The molecule has 1 saturated heterocycles. The molecule has 0 atom stereocenters. The molecule has 7 nitrogen and oxygen atoms in total. The van der Waals surface area contributed by atoms with Gasteiger partial charge in [0.05, 0.1) is 22.3 Å². The Bertz CT molecular complexity index is 1150. The predicted molar refractivity (Wildman–Crippen MR) is 121 cm³/mol. The van der Waals surface area contributed by atoms with Gasteiger partial charge >= 0.3 is 0 Å². The highest BCUT2D eigenvalue weighted by molar-refractivity contribution is 7.89. The Kier molecular flexibility index (Phi) is 6.54. The van der Waals surface area contributed by atoms with Gasteiger partial charge in [-0.3, -0.25) is 4.79 Å². The van der Waals surface area contributed by atoms with Crippen LogP contribution in [0.4, 0.5) is 0 Å². The van der Waals surface area contributed by atoms with Crippen molar-refractivity contribution in [3.63, 3.8) is 0 Å². The Morgan fingerprint density at radius 2 is 1.97 bits per heavy atom. The number of amides is 1. The fourth-order valence-electron chi connectivity index (χ4n) is 3.66. The zero-order chi connectivity index (χ0) is 21.8. The number of thiazole rings is 1. The average molecular weight is 460 g/mol. The minimum absolute atomic E-state index is 0.0408. The third-order valence-corrected chi connectivity index (χ3v) is 8.32. The van der Waals surface area contributed by atoms with Crippen molar-refractivity contribution in [2.24, 2.45) is 0 Å². The van der Waals surface area contributed by atoms with E-state index in [4.69, 9.17) is 4.74 Å². The zero-order valence-corrected chi connectivity index (χ0v) is 19.0. The van der Waals surface area contributed by atoms with Gasteiger partial charge in [-0.25, -0.2) is 13.4 Å². The Morgan fingerprint density at radius 1 is 1.19 bits per heavy atom. The number of benzene rings is 2. The molecule has 1 amide bonds. The summed E-state index contributed by atoms with van der Waals surface area (Å²) in [6, 6.07) is 12.6. The molecule has 0 saturated carbocycles. The van der Waals surface area contributed by atoms with Gasteiger partial charge in [-0.05, 0) is 49.6 Å². The van der Waals surface area contributed by atoms with E-state index in [1.54, 1.807) is 23.5 Å². The highest BCUT2D eigenvalue weighted by Gasteiger charge is 2.30. The van der Waals surface area contributed by atoms with Crippen molar-refractivity contribution in [1.82, 2.24) is 14.6 Å². The lowest BCUT2D eigenvalue weighted by Gasteiger charge is -2.18. The SMILES string of the molecule is COc1ccc(C(=O)NCCCc2nc3ccccc3s2)cc1S(=O)(=O)N1CCCC1. The number of nitrogens with one attached hydrogen (secondary N) is 1. The molecule has 0 radical (unpaired) electrons. The zero-order valence-electron chi connectivity index (χ0n) is 17.3. The molecule has 1 N–H and O–H groups in total. The first-order valence-electron chi connectivity index (χ1n) is 10.3. The maximum atomic E-state index is 13.0. The average Bonchev–Trinajstić information content (AvgIpc) is 3.46. The number of hydrogen-bond donors (Lipinski definition) is 1. The summed E-state index contributed by atoms with van der Waals surface area (Å²) >= 11 is 1.66. The normalized spacial score (nSPS) is 14.7. The van der Waals surface area contributed by atoms with Gasteiger partial charge < -0.3 is 10.1 Å². The monoisotopic (exact) mass is 459 g/mol. The van der Waals surface area contributed by atoms with Crippen molar-refractivity contribution in [2.45, 2.75) is 30.6 Å². The summed E-state index contributed by atoms with van der Waals surface area (Å²) in [5.41, 5.74) is 1.30. The van der Waals surface area contributed by atoms with E-state index in [1.165, 1.54) is 17.5 Å². The van der Waals surface area contributed by atoms with Gasteiger partial charge in [-0.2, -0.15) is 4.31 Å². The maximum Gasteiger partial charge on any atom is 0.251 e. The Balaban J connectivity index is 1.40. The number of para-hydroxylation sites is 1. The molecule has 0 aliphatic carbocycles. The van der Waals surface area contributed by atoms with E-state index in [1.807, 2.05) is 18.2 Å². The van der Waals surface area contributed by atoms with Crippen LogP contribution in [-0.4, -0.2) is 50.4 Å². The van der Waals surface area contributed by atoms with Crippen LogP contribution < -0.4 is 10.1 Å². The molecule has 9 heteroatoms. The minimum Gasteiger partial charge on any atom is -0.495 e. The van der Waals surface area contributed by atoms with Gasteiger partial charge in [0.2, 0.25) is 10.0 Å². The number of aromatic nitrogens is 1. The molecule has 1 fully saturated rings. The van der Waals surface area contributed by atoms with Crippen molar-refractivity contribution in [3.05, 3.63) is 53.0 Å². The quantitative estimate of drug-likeness (QED) is 0.521. The molecule has 1 aromatic heterocycles. The van der Waals surface area contributed by atoms with Crippen molar-refractivity contribution < 1.29 is 17.9 Å². The fraction of sp³-hybridized carbons (Fsp3) is 0.364. The summed E-state index contributed by atoms with van der Waals surface area (Å²) in [6.07, 6.45) is 3.21. The van der Waals surface area contributed by atoms with Gasteiger partial charge in [-0.15, -0.1) is 11.3 Å². The molecule has 1 aliphatic heterocycles. The Morgan fingerprint density at radius 3 is 2.71 bits per heavy atom. The molecule has 0 unspecified atom stereocenters. The van der Waals surface area contributed by atoms with E-state index in [-0.39, 0.29) is 16.6 Å². The van der Waals surface area contributed by atoms with Crippen LogP contribution in [0.5, 0.6) is 5.75 Å². The van der Waals surface area contributed by atoms with Crippen molar-refractivity contribution in [3.8, 4) is 5.75 Å². The summed E-state index contributed by atoms with van der Waals surface area (Å²) in [4.78, 5) is 17.3. The first-order valence-corrected chi connectivity index (χ1v) is 12.6. The number of aryl methyl sites for hydroxylation is 1. The highest BCUT2D eigenvalue weighted by Crippen LogP contribution is 2.30. The third kappa shape index (κ3) is 4.73. The number of fused-ring (bicyclic) bond motifs is 1. The lowest BCUT2D eigenvalue weighted by Crippen LogP contribution is -2.29. The number of carbonyl (C=O) groups excluding carboxylic acids is 1. The molecule has 2 aromatic carbocycles. The molecule has 31 heavy (non-hydrogen) atoms. The van der Waals surface area contributed by atoms with Crippen LogP contribution in [0.2, 0.25) is 0 Å². The Hall–Kier alpha value is -2.49. The first-order chi connectivity index (χ1) is 15.0. The van der Waals surface area contributed by atoms with Crippen LogP contribution in [0.25, 0.3) is 10.2 Å². The number of carbonyl (C=O) groups is 1. The van der Waals surface area contributed by atoms with Crippen LogP contribution in [0, 0.1) is 0 Å². The topological polar surface area (TPSA) is 88.6 Å². The molecule has 0 spiro atoms. The number of ether oxygens (including phenoxy) is 1. The van der Waals surface area contributed by atoms with Crippen molar-refractivity contribution in [1.29, 1.82) is 0 Å². The van der Waals surface area contributed by atoms with Crippen molar-refractivity contribution in [2.75, 3.05) is 26.7 Å².